The van der Waals surface area contributed by atoms with Gasteiger partial charge in [0.2, 0.25) is 10.0 Å². The van der Waals surface area contributed by atoms with Crippen molar-refractivity contribution in [3.8, 4) is 0 Å². The second kappa shape index (κ2) is 8.13. The molecular weight excluding hydrogens is 374 g/mol. The Hall–Kier alpha value is -1.44. The smallest absolute Gasteiger partial charge is 0.243 e. The summed E-state index contributed by atoms with van der Waals surface area (Å²) in [6.45, 7) is 1.65. The maximum absolute atomic E-state index is 13.6. The van der Waals surface area contributed by atoms with Crippen LogP contribution in [-0.2, 0) is 10.0 Å². The molecule has 1 aromatic carbocycles. The molecule has 0 amide bonds. The molecule has 2 aliphatic heterocycles. The second-order valence-electron chi connectivity index (χ2n) is 8.40. The standard InChI is InChI=1S/C21H31N3O3S/c1-23-12-11-20(22-23)17-7-8-19(16-5-3-2-4-6-16)21(15-17)28(26,27)24-13-9-18(25)10-14-24/h7-8,15-16,18,25H,2-6,9-14H2,1H3. The molecule has 4 rings (SSSR count). The summed E-state index contributed by atoms with van der Waals surface area (Å²) in [4.78, 5) is 0.463. The Morgan fingerprint density at radius 2 is 1.75 bits per heavy atom. The Bertz CT molecular complexity index is 838. The maximum atomic E-state index is 13.6. The van der Waals surface area contributed by atoms with Crippen molar-refractivity contribution >= 4 is 15.7 Å². The topological polar surface area (TPSA) is 73.2 Å². The van der Waals surface area contributed by atoms with Gasteiger partial charge in [0.25, 0.3) is 0 Å². The minimum Gasteiger partial charge on any atom is -0.393 e. The van der Waals surface area contributed by atoms with Crippen LogP contribution in [0.15, 0.2) is 28.2 Å². The molecule has 0 bridgehead atoms. The van der Waals surface area contributed by atoms with Crippen LogP contribution in [0.25, 0.3) is 0 Å². The predicted octanol–water partition coefficient (Wildman–Crippen LogP) is 2.92. The summed E-state index contributed by atoms with van der Waals surface area (Å²) in [6, 6.07) is 5.96. The third-order valence-corrected chi connectivity index (χ3v) is 8.35. The van der Waals surface area contributed by atoms with Crippen molar-refractivity contribution in [3.63, 3.8) is 0 Å². The van der Waals surface area contributed by atoms with E-state index in [2.05, 4.69) is 11.2 Å². The van der Waals surface area contributed by atoms with Crippen molar-refractivity contribution in [1.82, 2.24) is 9.31 Å². The Balaban J connectivity index is 1.74. The van der Waals surface area contributed by atoms with E-state index in [9.17, 15) is 13.5 Å². The van der Waals surface area contributed by atoms with Crippen molar-refractivity contribution in [2.75, 3.05) is 26.7 Å². The highest BCUT2D eigenvalue weighted by Gasteiger charge is 2.33. The van der Waals surface area contributed by atoms with E-state index in [-0.39, 0.29) is 6.10 Å². The molecule has 6 nitrogen and oxygen atoms in total. The second-order valence-corrected chi connectivity index (χ2v) is 10.3. The van der Waals surface area contributed by atoms with Gasteiger partial charge in [-0.25, -0.2) is 8.42 Å². The zero-order chi connectivity index (χ0) is 19.7. The van der Waals surface area contributed by atoms with Crippen LogP contribution in [0.5, 0.6) is 0 Å². The lowest BCUT2D eigenvalue weighted by Gasteiger charge is -2.31. The summed E-state index contributed by atoms with van der Waals surface area (Å²) in [5.41, 5.74) is 2.85. The number of aliphatic hydroxyl groups is 1. The van der Waals surface area contributed by atoms with Crippen molar-refractivity contribution in [2.24, 2.45) is 5.10 Å². The Kier molecular flexibility index (Phi) is 5.76. The van der Waals surface area contributed by atoms with Gasteiger partial charge < -0.3 is 5.11 Å². The van der Waals surface area contributed by atoms with Gasteiger partial charge in [-0.1, -0.05) is 31.4 Å². The summed E-state index contributed by atoms with van der Waals surface area (Å²) in [5.74, 6) is 0.316. The normalized spacial score (nSPS) is 23.2. The molecule has 0 radical (unpaired) electrons. The largest absolute Gasteiger partial charge is 0.393 e. The van der Waals surface area contributed by atoms with Crippen LogP contribution in [0.2, 0.25) is 0 Å². The summed E-state index contributed by atoms with van der Waals surface area (Å²) in [6.07, 6.45) is 7.16. The third-order valence-electron chi connectivity index (χ3n) is 6.40. The number of hydrogen-bond donors (Lipinski definition) is 1. The van der Waals surface area contributed by atoms with Gasteiger partial charge >= 0.3 is 0 Å². The average Bonchev–Trinajstić information content (AvgIpc) is 3.15. The van der Waals surface area contributed by atoms with Gasteiger partial charge in [0.05, 0.1) is 16.7 Å². The lowest BCUT2D eigenvalue weighted by atomic mass is 9.83. The van der Waals surface area contributed by atoms with Gasteiger partial charge in [-0.2, -0.15) is 9.41 Å². The molecule has 1 N–H and O–H groups in total. The number of nitrogens with zero attached hydrogens (tertiary/aromatic N) is 3. The first-order chi connectivity index (χ1) is 13.4. The summed E-state index contributed by atoms with van der Waals surface area (Å²) in [5, 5.41) is 16.3. The molecule has 154 valence electrons. The van der Waals surface area contributed by atoms with Gasteiger partial charge in [0.15, 0.2) is 0 Å². The van der Waals surface area contributed by atoms with E-state index in [1.54, 1.807) is 4.31 Å². The molecule has 0 atom stereocenters. The molecule has 3 aliphatic rings. The number of aliphatic hydroxyl groups excluding tert-OH is 1. The average molecular weight is 406 g/mol. The molecular formula is C21H31N3O3S. The lowest BCUT2D eigenvalue weighted by molar-refractivity contribution is 0.113. The van der Waals surface area contributed by atoms with Gasteiger partial charge in [-0.05, 0) is 48.8 Å². The lowest BCUT2D eigenvalue weighted by Crippen LogP contribution is -2.40. The first-order valence-electron chi connectivity index (χ1n) is 10.6. The zero-order valence-electron chi connectivity index (χ0n) is 16.7. The highest BCUT2D eigenvalue weighted by molar-refractivity contribution is 7.89. The molecule has 1 aliphatic carbocycles. The van der Waals surface area contributed by atoms with E-state index in [1.807, 2.05) is 24.2 Å². The van der Waals surface area contributed by atoms with Crippen LogP contribution in [0, 0.1) is 0 Å². The minimum absolute atomic E-state index is 0.316. The molecule has 2 heterocycles. The predicted molar refractivity (Wildman–Crippen MR) is 110 cm³/mol. The fraction of sp³-hybridized carbons (Fsp3) is 0.667. The van der Waals surface area contributed by atoms with Crippen LogP contribution in [-0.4, -0.2) is 61.3 Å². The number of sulfonamides is 1. The van der Waals surface area contributed by atoms with Crippen molar-refractivity contribution in [3.05, 3.63) is 29.3 Å². The number of benzene rings is 1. The van der Waals surface area contributed by atoms with Gasteiger partial charge in [0.1, 0.15) is 0 Å². The fourth-order valence-corrected chi connectivity index (χ4v) is 6.46. The van der Waals surface area contributed by atoms with Gasteiger partial charge in [-0.3, -0.25) is 5.01 Å². The zero-order valence-corrected chi connectivity index (χ0v) is 17.5. The monoisotopic (exact) mass is 405 g/mol. The molecule has 7 heteroatoms. The van der Waals surface area contributed by atoms with Crippen LogP contribution in [0.1, 0.15) is 68.4 Å². The van der Waals surface area contributed by atoms with E-state index < -0.39 is 10.0 Å². The van der Waals surface area contributed by atoms with Crippen molar-refractivity contribution in [2.45, 2.75) is 68.3 Å². The molecule has 0 aromatic heterocycles. The SMILES string of the molecule is CN1CCC(c2ccc(C3CCCCC3)c(S(=O)(=O)N3CCC(O)CC3)c2)=N1. The number of piperidine rings is 1. The molecule has 0 spiro atoms. The van der Waals surface area contributed by atoms with Crippen LogP contribution < -0.4 is 0 Å². The summed E-state index contributed by atoms with van der Waals surface area (Å²) >= 11 is 0. The minimum atomic E-state index is -3.58. The quantitative estimate of drug-likeness (QED) is 0.836. The summed E-state index contributed by atoms with van der Waals surface area (Å²) in [7, 11) is -1.63. The van der Waals surface area contributed by atoms with E-state index >= 15 is 0 Å². The van der Waals surface area contributed by atoms with E-state index in [4.69, 9.17) is 0 Å². The van der Waals surface area contributed by atoms with Crippen LogP contribution in [0.4, 0.5) is 0 Å². The molecule has 1 saturated carbocycles. The van der Waals surface area contributed by atoms with Gasteiger partial charge in [-0.15, -0.1) is 0 Å². The van der Waals surface area contributed by atoms with E-state index in [0.717, 1.165) is 42.6 Å². The molecule has 0 unspecified atom stereocenters. The number of rotatable bonds is 4. The number of hydrazone groups is 1. The Morgan fingerprint density at radius 1 is 1.04 bits per heavy atom. The highest BCUT2D eigenvalue weighted by Crippen LogP contribution is 2.38. The van der Waals surface area contributed by atoms with E-state index in [0.29, 0.717) is 36.7 Å². The van der Waals surface area contributed by atoms with Crippen LogP contribution in [0.3, 0.4) is 0 Å². The highest BCUT2D eigenvalue weighted by atomic mass is 32.2. The molecule has 28 heavy (non-hydrogen) atoms. The Labute approximate surface area is 168 Å². The summed E-state index contributed by atoms with van der Waals surface area (Å²) < 4.78 is 28.7. The number of hydrogen-bond acceptors (Lipinski definition) is 5. The van der Waals surface area contributed by atoms with E-state index in [1.165, 1.54) is 19.3 Å². The molecule has 2 fully saturated rings. The van der Waals surface area contributed by atoms with Crippen molar-refractivity contribution in [1.29, 1.82) is 0 Å². The molecule has 1 aromatic rings. The van der Waals surface area contributed by atoms with Gasteiger partial charge in [0, 0.05) is 33.1 Å². The third kappa shape index (κ3) is 3.98. The Morgan fingerprint density at radius 3 is 2.39 bits per heavy atom. The first-order valence-corrected chi connectivity index (χ1v) is 12.0. The first kappa shape index (κ1) is 19.9. The van der Waals surface area contributed by atoms with Crippen LogP contribution >= 0.6 is 0 Å². The fourth-order valence-electron chi connectivity index (χ4n) is 4.69. The van der Waals surface area contributed by atoms with Crippen molar-refractivity contribution < 1.29 is 13.5 Å². The molecule has 1 saturated heterocycles. The maximum Gasteiger partial charge on any atom is 0.243 e.